The Labute approximate surface area is 147 Å². The molecule has 0 bridgehead atoms. The average molecular weight is 356 g/mol. The Hall–Kier alpha value is -3.55. The van der Waals surface area contributed by atoms with Gasteiger partial charge < -0.3 is 15.4 Å². The molecule has 0 saturated carbocycles. The molecule has 0 aliphatic carbocycles. The van der Waals surface area contributed by atoms with Crippen molar-refractivity contribution in [2.24, 2.45) is 0 Å². The van der Waals surface area contributed by atoms with E-state index in [1.54, 1.807) is 18.2 Å². The number of hydrogen-bond donors (Lipinski definition) is 2. The van der Waals surface area contributed by atoms with Gasteiger partial charge in [-0.2, -0.15) is 0 Å². The van der Waals surface area contributed by atoms with Crippen LogP contribution in [0.4, 0.5) is 26.0 Å². The van der Waals surface area contributed by atoms with Crippen molar-refractivity contribution >= 4 is 23.1 Å². The minimum atomic E-state index is -0.875. The largest absolute Gasteiger partial charge is 0.495 e. The van der Waals surface area contributed by atoms with Crippen LogP contribution in [-0.2, 0) is 0 Å². The molecule has 0 saturated heterocycles. The van der Waals surface area contributed by atoms with Gasteiger partial charge in [0.05, 0.1) is 12.8 Å². The summed E-state index contributed by atoms with van der Waals surface area (Å²) in [6.07, 6.45) is 1.17. The molecule has 0 fully saturated rings. The predicted molar refractivity (Wildman–Crippen MR) is 92.6 cm³/mol. The first-order valence-electron chi connectivity index (χ1n) is 7.56. The number of methoxy groups -OCH3 is 1. The maximum Gasteiger partial charge on any atom is 0.274 e. The molecular formula is C18H14F2N4O2. The number of para-hydroxylation sites is 3. The van der Waals surface area contributed by atoms with Crippen molar-refractivity contribution in [3.63, 3.8) is 0 Å². The van der Waals surface area contributed by atoms with Crippen LogP contribution in [0, 0.1) is 11.6 Å². The molecule has 26 heavy (non-hydrogen) atoms. The number of benzene rings is 2. The molecule has 132 valence electrons. The third-order valence-corrected chi connectivity index (χ3v) is 3.47. The number of nitrogens with one attached hydrogen (secondary N) is 2. The van der Waals surface area contributed by atoms with Crippen molar-refractivity contribution in [3.8, 4) is 5.75 Å². The minimum Gasteiger partial charge on any atom is -0.495 e. The van der Waals surface area contributed by atoms with E-state index in [1.807, 2.05) is 6.07 Å². The lowest BCUT2D eigenvalue weighted by atomic mass is 10.2. The molecule has 0 radical (unpaired) electrons. The second-order valence-electron chi connectivity index (χ2n) is 5.16. The Morgan fingerprint density at radius 1 is 1.04 bits per heavy atom. The van der Waals surface area contributed by atoms with Gasteiger partial charge in [-0.3, -0.25) is 4.79 Å². The molecular weight excluding hydrogens is 342 g/mol. The minimum absolute atomic E-state index is 0.0555. The van der Waals surface area contributed by atoms with Crippen LogP contribution >= 0.6 is 0 Å². The van der Waals surface area contributed by atoms with Gasteiger partial charge in [0.15, 0.2) is 0 Å². The number of carbonyl (C=O) groups excluding carboxylic acids is 1. The predicted octanol–water partition coefficient (Wildman–Crippen LogP) is 3.76. The van der Waals surface area contributed by atoms with E-state index in [0.717, 1.165) is 12.1 Å². The normalized spacial score (nSPS) is 10.3. The van der Waals surface area contributed by atoms with Crippen LogP contribution in [0.5, 0.6) is 5.75 Å². The number of nitrogens with zero attached hydrogens (tertiary/aromatic N) is 2. The monoisotopic (exact) mass is 356 g/mol. The molecule has 0 spiro atoms. The van der Waals surface area contributed by atoms with E-state index in [4.69, 9.17) is 4.74 Å². The van der Waals surface area contributed by atoms with Crippen molar-refractivity contribution in [1.82, 2.24) is 9.97 Å². The molecule has 2 N–H and O–H groups in total. The second kappa shape index (κ2) is 7.56. The topological polar surface area (TPSA) is 76.1 Å². The van der Waals surface area contributed by atoms with Gasteiger partial charge in [0, 0.05) is 6.07 Å². The maximum absolute atomic E-state index is 13.7. The number of anilines is 3. The summed E-state index contributed by atoms with van der Waals surface area (Å²) in [5, 5.41) is 5.18. The molecule has 0 aliphatic heterocycles. The van der Waals surface area contributed by atoms with Crippen LogP contribution in [0.15, 0.2) is 54.9 Å². The summed E-state index contributed by atoms with van der Waals surface area (Å²) in [7, 11) is 1.53. The summed E-state index contributed by atoms with van der Waals surface area (Å²) in [5.41, 5.74) is 0.0515. The Kier molecular flexibility index (Phi) is 5.02. The number of hydrogen-bond acceptors (Lipinski definition) is 5. The van der Waals surface area contributed by atoms with E-state index in [9.17, 15) is 13.6 Å². The molecule has 2 aromatic carbocycles. The molecule has 3 aromatic rings. The van der Waals surface area contributed by atoms with Crippen molar-refractivity contribution in [1.29, 1.82) is 0 Å². The summed E-state index contributed by atoms with van der Waals surface area (Å²) < 4.78 is 32.6. The van der Waals surface area contributed by atoms with Crippen LogP contribution < -0.4 is 15.4 Å². The molecule has 1 aromatic heterocycles. The van der Waals surface area contributed by atoms with E-state index in [0.29, 0.717) is 17.3 Å². The summed E-state index contributed by atoms with van der Waals surface area (Å²) in [5.74, 6) is -1.60. The van der Waals surface area contributed by atoms with Crippen molar-refractivity contribution in [3.05, 3.63) is 72.2 Å². The van der Waals surface area contributed by atoms with Crippen molar-refractivity contribution < 1.29 is 18.3 Å². The molecule has 0 atom stereocenters. The van der Waals surface area contributed by atoms with Crippen molar-refractivity contribution in [2.75, 3.05) is 17.7 Å². The highest BCUT2D eigenvalue weighted by molar-refractivity contribution is 6.03. The molecule has 3 rings (SSSR count). The maximum atomic E-state index is 13.7. The van der Waals surface area contributed by atoms with Crippen LogP contribution in [0.1, 0.15) is 10.5 Å². The van der Waals surface area contributed by atoms with E-state index < -0.39 is 23.2 Å². The summed E-state index contributed by atoms with van der Waals surface area (Å²) in [6, 6.07) is 11.8. The van der Waals surface area contributed by atoms with Crippen LogP contribution in [0.3, 0.4) is 0 Å². The SMILES string of the molecule is COc1ccccc1Nc1cc(C(=O)Nc2c(F)cccc2F)ncn1. The van der Waals surface area contributed by atoms with Crippen LogP contribution in [0.2, 0.25) is 0 Å². The molecule has 8 heteroatoms. The standard InChI is InChI=1S/C18H14F2N4O2/c1-26-15-8-3-2-7-13(15)23-16-9-14(21-10-22-16)18(25)24-17-11(19)5-4-6-12(17)20/h2-10H,1H3,(H,24,25)(H,21,22,23). The first-order valence-corrected chi connectivity index (χ1v) is 7.56. The first-order chi connectivity index (χ1) is 12.6. The Morgan fingerprint density at radius 2 is 1.77 bits per heavy atom. The zero-order valence-corrected chi connectivity index (χ0v) is 13.7. The number of aromatic nitrogens is 2. The lowest BCUT2D eigenvalue weighted by Crippen LogP contribution is -2.16. The molecule has 0 unspecified atom stereocenters. The quantitative estimate of drug-likeness (QED) is 0.728. The van der Waals surface area contributed by atoms with Gasteiger partial charge in [-0.15, -0.1) is 0 Å². The highest BCUT2D eigenvalue weighted by Crippen LogP contribution is 2.26. The summed E-state index contributed by atoms with van der Waals surface area (Å²) >= 11 is 0. The van der Waals surface area contributed by atoms with Gasteiger partial charge in [0.1, 0.15) is 40.9 Å². The van der Waals surface area contributed by atoms with E-state index in [1.165, 1.54) is 25.6 Å². The fraction of sp³-hybridized carbons (Fsp3) is 0.0556. The van der Waals surface area contributed by atoms with Crippen LogP contribution in [-0.4, -0.2) is 23.0 Å². The van der Waals surface area contributed by atoms with E-state index in [-0.39, 0.29) is 5.69 Å². The molecule has 6 nitrogen and oxygen atoms in total. The van der Waals surface area contributed by atoms with Gasteiger partial charge in [-0.1, -0.05) is 18.2 Å². The molecule has 1 amide bonds. The second-order valence-corrected chi connectivity index (χ2v) is 5.16. The number of halogens is 2. The van der Waals surface area contributed by atoms with Gasteiger partial charge in [-0.05, 0) is 24.3 Å². The fourth-order valence-electron chi connectivity index (χ4n) is 2.23. The van der Waals surface area contributed by atoms with Crippen molar-refractivity contribution in [2.45, 2.75) is 0 Å². The van der Waals surface area contributed by atoms with Gasteiger partial charge in [0.2, 0.25) is 0 Å². The van der Waals surface area contributed by atoms with E-state index >= 15 is 0 Å². The number of ether oxygens (including phenoxy) is 1. The molecule has 0 aliphatic rings. The summed E-state index contributed by atoms with van der Waals surface area (Å²) in [4.78, 5) is 20.1. The van der Waals surface area contributed by atoms with Crippen LogP contribution in [0.25, 0.3) is 0 Å². The van der Waals surface area contributed by atoms with Gasteiger partial charge in [0.25, 0.3) is 5.91 Å². The van der Waals surface area contributed by atoms with Gasteiger partial charge >= 0.3 is 0 Å². The smallest absolute Gasteiger partial charge is 0.274 e. The highest BCUT2D eigenvalue weighted by Gasteiger charge is 2.15. The zero-order chi connectivity index (χ0) is 18.5. The third-order valence-electron chi connectivity index (χ3n) is 3.47. The fourth-order valence-corrected chi connectivity index (χ4v) is 2.23. The third kappa shape index (κ3) is 3.75. The summed E-state index contributed by atoms with van der Waals surface area (Å²) in [6.45, 7) is 0. The Bertz CT molecular complexity index is 930. The zero-order valence-electron chi connectivity index (χ0n) is 13.7. The highest BCUT2D eigenvalue weighted by atomic mass is 19.1. The Morgan fingerprint density at radius 3 is 2.50 bits per heavy atom. The first kappa shape index (κ1) is 17.3. The lowest BCUT2D eigenvalue weighted by Gasteiger charge is -2.11. The van der Waals surface area contributed by atoms with Gasteiger partial charge in [-0.25, -0.2) is 18.7 Å². The molecule has 1 heterocycles. The Balaban J connectivity index is 1.82. The average Bonchev–Trinajstić information content (AvgIpc) is 2.65. The lowest BCUT2D eigenvalue weighted by molar-refractivity contribution is 0.102. The number of amides is 1. The number of rotatable bonds is 5. The van der Waals surface area contributed by atoms with E-state index in [2.05, 4.69) is 20.6 Å². The number of carbonyl (C=O) groups is 1.